The molecule has 0 aliphatic carbocycles. The zero-order valence-corrected chi connectivity index (χ0v) is 12.3. The average molecular weight is 292 g/mol. The van der Waals surface area contributed by atoms with E-state index in [0.29, 0.717) is 24.6 Å². The van der Waals surface area contributed by atoms with Crippen molar-refractivity contribution in [3.63, 3.8) is 0 Å². The molecule has 0 saturated carbocycles. The van der Waals surface area contributed by atoms with Gasteiger partial charge in [-0.05, 0) is 18.1 Å². The molecule has 20 heavy (non-hydrogen) atoms. The number of hydrogen-bond acceptors (Lipinski definition) is 6. The first-order valence-corrected chi connectivity index (χ1v) is 7.10. The second-order valence-corrected chi connectivity index (χ2v) is 5.21. The SMILES string of the molecule is CCOC(=O)c1nnc(Cc2ccc(COC)cc2)s1. The van der Waals surface area contributed by atoms with Crippen molar-refractivity contribution in [2.75, 3.05) is 13.7 Å². The molecule has 1 heterocycles. The van der Waals surface area contributed by atoms with Crippen molar-refractivity contribution in [2.45, 2.75) is 20.0 Å². The first-order valence-electron chi connectivity index (χ1n) is 6.29. The molecule has 0 amide bonds. The molecule has 0 radical (unpaired) electrons. The standard InChI is InChI=1S/C14H16N2O3S/c1-3-19-14(17)13-16-15-12(20-13)8-10-4-6-11(7-5-10)9-18-2/h4-7H,3,8-9H2,1-2H3. The third-order valence-corrected chi connectivity index (χ3v) is 3.51. The van der Waals surface area contributed by atoms with E-state index >= 15 is 0 Å². The smallest absolute Gasteiger partial charge is 0.369 e. The Labute approximate surface area is 121 Å². The highest BCUT2D eigenvalue weighted by Crippen LogP contribution is 2.16. The van der Waals surface area contributed by atoms with Gasteiger partial charge in [-0.25, -0.2) is 4.79 Å². The van der Waals surface area contributed by atoms with E-state index in [1.165, 1.54) is 11.3 Å². The maximum atomic E-state index is 11.5. The summed E-state index contributed by atoms with van der Waals surface area (Å²) in [6.45, 7) is 2.71. The summed E-state index contributed by atoms with van der Waals surface area (Å²) in [7, 11) is 1.67. The van der Waals surface area contributed by atoms with Crippen molar-refractivity contribution in [3.05, 3.63) is 45.4 Å². The lowest BCUT2D eigenvalue weighted by molar-refractivity contribution is 0.0525. The Morgan fingerprint density at radius 3 is 2.55 bits per heavy atom. The van der Waals surface area contributed by atoms with Crippen molar-refractivity contribution in [1.82, 2.24) is 10.2 Å². The molecule has 6 heteroatoms. The Hall–Kier alpha value is -1.79. The van der Waals surface area contributed by atoms with Crippen molar-refractivity contribution in [2.24, 2.45) is 0 Å². The van der Waals surface area contributed by atoms with Crippen LogP contribution in [0.4, 0.5) is 0 Å². The minimum Gasteiger partial charge on any atom is -0.461 e. The fourth-order valence-electron chi connectivity index (χ4n) is 1.69. The largest absolute Gasteiger partial charge is 0.461 e. The number of methoxy groups -OCH3 is 1. The van der Waals surface area contributed by atoms with Crippen LogP contribution in [0.3, 0.4) is 0 Å². The van der Waals surface area contributed by atoms with Crippen LogP contribution in [0.5, 0.6) is 0 Å². The van der Waals surface area contributed by atoms with Crippen molar-refractivity contribution >= 4 is 17.3 Å². The van der Waals surface area contributed by atoms with Gasteiger partial charge in [-0.1, -0.05) is 35.6 Å². The maximum Gasteiger partial charge on any atom is 0.369 e. The molecule has 0 spiro atoms. The zero-order chi connectivity index (χ0) is 14.4. The van der Waals surface area contributed by atoms with Crippen LogP contribution in [0.25, 0.3) is 0 Å². The number of esters is 1. The van der Waals surface area contributed by atoms with E-state index in [2.05, 4.69) is 10.2 Å². The molecule has 0 N–H and O–H groups in total. The highest BCUT2D eigenvalue weighted by atomic mass is 32.1. The maximum absolute atomic E-state index is 11.5. The number of ether oxygens (including phenoxy) is 2. The van der Waals surface area contributed by atoms with E-state index in [9.17, 15) is 4.79 Å². The summed E-state index contributed by atoms with van der Waals surface area (Å²) in [5.74, 6) is -0.410. The monoisotopic (exact) mass is 292 g/mol. The van der Waals surface area contributed by atoms with E-state index in [-0.39, 0.29) is 0 Å². The second kappa shape index (κ2) is 7.12. The lowest BCUT2D eigenvalue weighted by atomic mass is 10.1. The van der Waals surface area contributed by atoms with Crippen LogP contribution in [0.15, 0.2) is 24.3 Å². The van der Waals surface area contributed by atoms with E-state index in [1.54, 1.807) is 14.0 Å². The van der Waals surface area contributed by atoms with Crippen LogP contribution < -0.4 is 0 Å². The van der Waals surface area contributed by atoms with Crippen molar-refractivity contribution in [1.29, 1.82) is 0 Å². The molecule has 5 nitrogen and oxygen atoms in total. The minimum atomic E-state index is -0.410. The van der Waals surface area contributed by atoms with Crippen LogP contribution in [0.1, 0.15) is 32.9 Å². The van der Waals surface area contributed by atoms with Crippen LogP contribution in [-0.2, 0) is 22.5 Å². The van der Waals surface area contributed by atoms with E-state index in [0.717, 1.165) is 16.1 Å². The minimum absolute atomic E-state index is 0.304. The van der Waals surface area contributed by atoms with Gasteiger partial charge >= 0.3 is 5.97 Å². The molecular formula is C14H16N2O3S. The Morgan fingerprint density at radius 2 is 1.90 bits per heavy atom. The molecule has 0 atom stereocenters. The molecular weight excluding hydrogens is 276 g/mol. The predicted molar refractivity (Wildman–Crippen MR) is 75.8 cm³/mol. The van der Waals surface area contributed by atoms with Gasteiger partial charge < -0.3 is 9.47 Å². The number of hydrogen-bond donors (Lipinski definition) is 0. The second-order valence-electron chi connectivity index (χ2n) is 4.15. The lowest BCUT2D eigenvalue weighted by Crippen LogP contribution is -2.03. The van der Waals surface area contributed by atoms with Crippen LogP contribution in [0, 0.1) is 0 Å². The Balaban J connectivity index is 2.01. The molecule has 1 aromatic carbocycles. The fraction of sp³-hybridized carbons (Fsp3) is 0.357. The zero-order valence-electron chi connectivity index (χ0n) is 11.5. The molecule has 1 aromatic heterocycles. The molecule has 2 rings (SSSR count). The third kappa shape index (κ3) is 3.85. The van der Waals surface area contributed by atoms with Gasteiger partial charge in [0.15, 0.2) is 0 Å². The predicted octanol–water partition coefficient (Wildman–Crippen LogP) is 2.45. The summed E-state index contributed by atoms with van der Waals surface area (Å²) in [6.07, 6.45) is 0.657. The Kier molecular flexibility index (Phi) is 5.20. The van der Waals surface area contributed by atoms with Crippen LogP contribution >= 0.6 is 11.3 Å². The molecule has 0 fully saturated rings. The number of rotatable bonds is 6. The van der Waals surface area contributed by atoms with Gasteiger partial charge in [0.25, 0.3) is 0 Å². The summed E-state index contributed by atoms with van der Waals surface area (Å²) >= 11 is 1.27. The number of carbonyl (C=O) groups is 1. The first-order chi connectivity index (χ1) is 9.72. The topological polar surface area (TPSA) is 61.3 Å². The number of nitrogens with zero attached hydrogens (tertiary/aromatic N) is 2. The summed E-state index contributed by atoms with van der Waals surface area (Å²) in [6, 6.07) is 8.10. The molecule has 0 bridgehead atoms. The number of aromatic nitrogens is 2. The number of benzene rings is 1. The first kappa shape index (κ1) is 14.6. The Bertz CT molecular complexity index is 566. The average Bonchev–Trinajstić information content (AvgIpc) is 2.90. The summed E-state index contributed by atoms with van der Waals surface area (Å²) < 4.78 is 9.96. The van der Waals surface area contributed by atoms with Crippen molar-refractivity contribution < 1.29 is 14.3 Å². The van der Waals surface area contributed by atoms with Crippen molar-refractivity contribution in [3.8, 4) is 0 Å². The van der Waals surface area contributed by atoms with Gasteiger partial charge in [-0.15, -0.1) is 10.2 Å². The molecule has 0 saturated heterocycles. The summed E-state index contributed by atoms with van der Waals surface area (Å²) in [5.41, 5.74) is 2.25. The van der Waals surface area contributed by atoms with E-state index in [4.69, 9.17) is 9.47 Å². The molecule has 0 aliphatic heterocycles. The van der Waals surface area contributed by atoms with E-state index < -0.39 is 5.97 Å². The van der Waals surface area contributed by atoms with E-state index in [1.807, 2.05) is 24.3 Å². The third-order valence-electron chi connectivity index (χ3n) is 2.61. The van der Waals surface area contributed by atoms with Gasteiger partial charge in [0.05, 0.1) is 13.2 Å². The molecule has 0 aliphatic rings. The molecule has 0 unspecified atom stereocenters. The normalized spacial score (nSPS) is 10.5. The molecule has 106 valence electrons. The van der Waals surface area contributed by atoms with Gasteiger partial charge in [-0.2, -0.15) is 0 Å². The highest BCUT2D eigenvalue weighted by molar-refractivity contribution is 7.13. The van der Waals surface area contributed by atoms with Gasteiger partial charge in [0.1, 0.15) is 5.01 Å². The Morgan fingerprint density at radius 1 is 1.20 bits per heavy atom. The van der Waals surface area contributed by atoms with Gasteiger partial charge in [-0.3, -0.25) is 0 Å². The highest BCUT2D eigenvalue weighted by Gasteiger charge is 2.13. The van der Waals surface area contributed by atoms with Crippen LogP contribution in [-0.4, -0.2) is 29.9 Å². The fourth-order valence-corrected chi connectivity index (χ4v) is 2.46. The lowest BCUT2D eigenvalue weighted by Gasteiger charge is -2.01. The number of carbonyl (C=O) groups excluding carboxylic acids is 1. The summed E-state index contributed by atoms with van der Waals surface area (Å²) in [5, 5.41) is 8.97. The molecule has 2 aromatic rings. The van der Waals surface area contributed by atoms with Crippen LogP contribution in [0.2, 0.25) is 0 Å². The van der Waals surface area contributed by atoms with Gasteiger partial charge in [0, 0.05) is 13.5 Å². The quantitative estimate of drug-likeness (QED) is 0.765. The summed E-state index contributed by atoms with van der Waals surface area (Å²) in [4.78, 5) is 11.5. The van der Waals surface area contributed by atoms with Gasteiger partial charge in [0.2, 0.25) is 5.01 Å².